The molecule has 2 rings (SSSR count). The van der Waals surface area contributed by atoms with E-state index in [1.165, 1.54) is 5.56 Å². The van der Waals surface area contributed by atoms with E-state index in [0.29, 0.717) is 0 Å². The molecule has 0 fully saturated rings. The molecule has 1 aromatic rings. The van der Waals surface area contributed by atoms with Gasteiger partial charge in [-0.15, -0.1) is 0 Å². The highest BCUT2D eigenvalue weighted by atomic mass is 79.9. The van der Waals surface area contributed by atoms with Crippen molar-refractivity contribution >= 4 is 15.9 Å². The first-order valence-electron chi connectivity index (χ1n) is 4.69. The van der Waals surface area contributed by atoms with Gasteiger partial charge in [-0.05, 0) is 35.3 Å². The number of fused-ring (bicyclic) bond motifs is 1. The van der Waals surface area contributed by atoms with Crippen molar-refractivity contribution in [3.63, 3.8) is 0 Å². The maximum Gasteiger partial charge on any atom is 0.169 e. The number of nitrogens with one attached hydrogen (secondary N) is 1. The summed E-state index contributed by atoms with van der Waals surface area (Å²) in [5, 5.41) is 3.53. The molecule has 0 aliphatic carbocycles. The van der Waals surface area contributed by atoms with E-state index in [1.807, 2.05) is 0 Å². The van der Waals surface area contributed by atoms with E-state index in [2.05, 4.69) is 41.2 Å². The Hall–Kier alpha value is -0.280. The number of hydrogen-bond acceptors (Lipinski definition) is 2. The molecule has 1 aromatic heterocycles. The quantitative estimate of drug-likeness (QED) is 0.821. The highest BCUT2D eigenvalue weighted by molar-refractivity contribution is 9.10. The zero-order valence-electron chi connectivity index (χ0n) is 7.98. The number of halogens is 1. The van der Waals surface area contributed by atoms with Gasteiger partial charge in [-0.1, -0.05) is 6.92 Å². The van der Waals surface area contributed by atoms with Crippen LogP contribution in [0, 0.1) is 0 Å². The predicted molar refractivity (Wildman–Crippen MR) is 55.8 cm³/mol. The number of hydrogen-bond donors (Lipinski definition) is 1. The number of rotatable bonds is 1. The van der Waals surface area contributed by atoms with Crippen molar-refractivity contribution in [3.8, 4) is 0 Å². The highest BCUT2D eigenvalue weighted by Gasteiger charge is 2.32. The van der Waals surface area contributed by atoms with Crippen molar-refractivity contribution in [3.05, 3.63) is 22.1 Å². The summed E-state index contributed by atoms with van der Waals surface area (Å²) >= 11 is 3.38. The first kappa shape index (κ1) is 9.28. The molecule has 0 saturated heterocycles. The monoisotopic (exact) mass is 243 g/mol. The SMILES string of the molecule is CCC1(C)NCCc2oc(Br)cc21. The van der Waals surface area contributed by atoms with Crippen LogP contribution in [0.3, 0.4) is 0 Å². The Morgan fingerprint density at radius 2 is 2.46 bits per heavy atom. The molecule has 0 amide bonds. The lowest BCUT2D eigenvalue weighted by atomic mass is 9.86. The van der Waals surface area contributed by atoms with Crippen molar-refractivity contribution in [1.82, 2.24) is 5.32 Å². The van der Waals surface area contributed by atoms with Gasteiger partial charge < -0.3 is 9.73 Å². The van der Waals surface area contributed by atoms with Crippen LogP contribution in [-0.4, -0.2) is 6.54 Å². The van der Waals surface area contributed by atoms with Crippen LogP contribution in [0.5, 0.6) is 0 Å². The Balaban J connectivity index is 2.47. The van der Waals surface area contributed by atoms with Crippen LogP contribution in [-0.2, 0) is 12.0 Å². The van der Waals surface area contributed by atoms with E-state index in [0.717, 1.165) is 29.8 Å². The van der Waals surface area contributed by atoms with Crippen molar-refractivity contribution in [2.24, 2.45) is 0 Å². The molecule has 1 atom stereocenters. The zero-order chi connectivity index (χ0) is 9.47. The topological polar surface area (TPSA) is 25.2 Å². The second-order valence-electron chi connectivity index (χ2n) is 3.75. The van der Waals surface area contributed by atoms with Gasteiger partial charge >= 0.3 is 0 Å². The number of furan rings is 1. The van der Waals surface area contributed by atoms with Crippen LogP contribution in [0.2, 0.25) is 0 Å². The van der Waals surface area contributed by atoms with Crippen LogP contribution in [0.4, 0.5) is 0 Å². The second kappa shape index (κ2) is 3.14. The molecular weight excluding hydrogens is 230 g/mol. The molecule has 0 radical (unpaired) electrons. The van der Waals surface area contributed by atoms with Gasteiger partial charge in [0.05, 0.1) is 0 Å². The summed E-state index contributed by atoms with van der Waals surface area (Å²) < 4.78 is 6.43. The van der Waals surface area contributed by atoms with Crippen LogP contribution in [0.25, 0.3) is 0 Å². The van der Waals surface area contributed by atoms with Crippen molar-refractivity contribution < 1.29 is 4.42 Å². The van der Waals surface area contributed by atoms with E-state index in [9.17, 15) is 0 Å². The molecule has 1 N–H and O–H groups in total. The maximum absolute atomic E-state index is 5.58. The minimum absolute atomic E-state index is 0.100. The fourth-order valence-electron chi connectivity index (χ4n) is 1.91. The molecule has 0 spiro atoms. The molecule has 1 unspecified atom stereocenters. The Labute approximate surface area is 86.8 Å². The van der Waals surface area contributed by atoms with E-state index < -0.39 is 0 Å². The Bertz CT molecular complexity index is 321. The zero-order valence-corrected chi connectivity index (χ0v) is 9.57. The predicted octanol–water partition coefficient (Wildman–Crippen LogP) is 2.81. The summed E-state index contributed by atoms with van der Waals surface area (Å²) in [6.07, 6.45) is 2.09. The van der Waals surface area contributed by atoms with E-state index in [4.69, 9.17) is 4.42 Å². The van der Waals surface area contributed by atoms with E-state index in [-0.39, 0.29) is 5.54 Å². The maximum atomic E-state index is 5.58. The summed E-state index contributed by atoms with van der Waals surface area (Å²) in [5.41, 5.74) is 1.41. The molecule has 1 aliphatic heterocycles. The van der Waals surface area contributed by atoms with E-state index in [1.54, 1.807) is 0 Å². The van der Waals surface area contributed by atoms with Crippen molar-refractivity contribution in [2.75, 3.05) is 6.54 Å². The lowest BCUT2D eigenvalue weighted by Gasteiger charge is -2.33. The summed E-state index contributed by atoms with van der Waals surface area (Å²) in [4.78, 5) is 0. The largest absolute Gasteiger partial charge is 0.454 e. The van der Waals surface area contributed by atoms with Crippen LogP contribution in [0.15, 0.2) is 15.2 Å². The van der Waals surface area contributed by atoms with Gasteiger partial charge in [0.1, 0.15) is 5.76 Å². The normalized spacial score (nSPS) is 27.3. The summed E-state index contributed by atoms with van der Waals surface area (Å²) in [6, 6.07) is 2.09. The summed E-state index contributed by atoms with van der Waals surface area (Å²) in [6.45, 7) is 5.44. The standard InChI is InChI=1S/C10H14BrNO/c1-3-10(2)7-6-9(11)13-8(7)4-5-12-10/h6,12H,3-5H2,1-2H3. The first-order chi connectivity index (χ1) is 6.15. The molecule has 0 saturated carbocycles. The smallest absolute Gasteiger partial charge is 0.169 e. The molecule has 2 heterocycles. The van der Waals surface area contributed by atoms with Crippen LogP contribution >= 0.6 is 15.9 Å². The third-order valence-corrected chi connectivity index (χ3v) is 3.34. The van der Waals surface area contributed by atoms with Crippen molar-refractivity contribution in [1.29, 1.82) is 0 Å². The van der Waals surface area contributed by atoms with Gasteiger partial charge in [0.15, 0.2) is 4.67 Å². The lowest BCUT2D eigenvalue weighted by Crippen LogP contribution is -2.43. The summed E-state index contributed by atoms with van der Waals surface area (Å²) in [7, 11) is 0. The van der Waals surface area contributed by atoms with Gasteiger partial charge in [-0.3, -0.25) is 0 Å². The second-order valence-corrected chi connectivity index (χ2v) is 4.53. The molecule has 0 bridgehead atoms. The third-order valence-electron chi connectivity index (χ3n) is 2.95. The minimum atomic E-state index is 0.100. The van der Waals surface area contributed by atoms with E-state index >= 15 is 0 Å². The lowest BCUT2D eigenvalue weighted by molar-refractivity contribution is 0.314. The molecule has 0 aromatic carbocycles. The van der Waals surface area contributed by atoms with Crippen LogP contribution < -0.4 is 5.32 Å². The summed E-state index contributed by atoms with van der Waals surface area (Å²) in [5.74, 6) is 1.13. The molecule has 1 aliphatic rings. The van der Waals surface area contributed by atoms with Crippen molar-refractivity contribution in [2.45, 2.75) is 32.2 Å². The Morgan fingerprint density at radius 3 is 3.15 bits per heavy atom. The molecule has 13 heavy (non-hydrogen) atoms. The Kier molecular flexibility index (Phi) is 2.24. The Morgan fingerprint density at radius 1 is 1.69 bits per heavy atom. The average Bonchev–Trinajstić information content (AvgIpc) is 2.48. The first-order valence-corrected chi connectivity index (χ1v) is 5.49. The van der Waals surface area contributed by atoms with Gasteiger partial charge in [0, 0.05) is 24.1 Å². The highest BCUT2D eigenvalue weighted by Crippen LogP contribution is 2.34. The molecular formula is C10H14BrNO. The van der Waals surface area contributed by atoms with Gasteiger partial charge in [-0.2, -0.15) is 0 Å². The van der Waals surface area contributed by atoms with Crippen LogP contribution in [0.1, 0.15) is 31.6 Å². The fraction of sp³-hybridized carbons (Fsp3) is 0.600. The molecule has 72 valence electrons. The molecule has 3 heteroatoms. The third kappa shape index (κ3) is 1.44. The molecule has 2 nitrogen and oxygen atoms in total. The minimum Gasteiger partial charge on any atom is -0.454 e. The van der Waals surface area contributed by atoms with Gasteiger partial charge in [0.25, 0.3) is 0 Å². The van der Waals surface area contributed by atoms with Gasteiger partial charge in [0.2, 0.25) is 0 Å². The van der Waals surface area contributed by atoms with Gasteiger partial charge in [-0.25, -0.2) is 0 Å². The average molecular weight is 244 g/mol. The fourth-order valence-corrected chi connectivity index (χ4v) is 2.34.